The summed E-state index contributed by atoms with van der Waals surface area (Å²) >= 11 is 5.73. The van der Waals surface area contributed by atoms with Crippen LogP contribution in [0.25, 0.3) is 0 Å². The van der Waals surface area contributed by atoms with E-state index >= 15 is 0 Å². The van der Waals surface area contributed by atoms with Gasteiger partial charge >= 0.3 is 5.97 Å². The van der Waals surface area contributed by atoms with Gasteiger partial charge in [-0.1, -0.05) is 16.8 Å². The van der Waals surface area contributed by atoms with Gasteiger partial charge in [0.05, 0.1) is 6.42 Å². The smallest absolute Gasteiger partial charge is 0.341 e. The lowest BCUT2D eigenvalue weighted by molar-refractivity contribution is -0.140. The number of benzene rings is 1. The zero-order valence-corrected chi connectivity index (χ0v) is 7.91. The highest BCUT2D eigenvalue weighted by Gasteiger charge is 2.20. The number of rotatable bonds is 1. The van der Waals surface area contributed by atoms with Crippen LogP contribution in [-0.2, 0) is 9.63 Å². The van der Waals surface area contributed by atoms with E-state index in [2.05, 4.69) is 9.99 Å². The van der Waals surface area contributed by atoms with Crippen molar-refractivity contribution in [3.05, 3.63) is 28.8 Å². The summed E-state index contributed by atoms with van der Waals surface area (Å²) in [6.45, 7) is 0. The molecule has 0 saturated heterocycles. The highest BCUT2D eigenvalue weighted by Crippen LogP contribution is 2.21. The fourth-order valence-electron chi connectivity index (χ4n) is 1.25. The molecule has 1 aliphatic rings. The average Bonchev–Trinajstić information content (AvgIpc) is 2.51. The van der Waals surface area contributed by atoms with Crippen molar-refractivity contribution in [1.82, 2.24) is 0 Å². The largest absolute Gasteiger partial charge is 0.398 e. The molecule has 1 aromatic rings. The molecule has 2 rings (SSSR count). The van der Waals surface area contributed by atoms with Gasteiger partial charge in [0.1, 0.15) is 5.71 Å². The van der Waals surface area contributed by atoms with Gasteiger partial charge < -0.3 is 10.6 Å². The Hall–Kier alpha value is -1.55. The molecule has 0 amide bonds. The molecule has 0 radical (unpaired) electrons. The van der Waals surface area contributed by atoms with Gasteiger partial charge in [0.2, 0.25) is 0 Å². The minimum atomic E-state index is -0.366. The molecule has 2 N–H and O–H groups in total. The number of halogens is 1. The molecule has 14 heavy (non-hydrogen) atoms. The Kier molecular flexibility index (Phi) is 2.13. The number of hydrogen-bond donors (Lipinski definition) is 1. The predicted octanol–water partition coefficient (Wildman–Crippen LogP) is 1.57. The molecule has 1 heterocycles. The van der Waals surface area contributed by atoms with Crippen molar-refractivity contribution in [2.45, 2.75) is 6.42 Å². The van der Waals surface area contributed by atoms with Gasteiger partial charge in [0, 0.05) is 16.3 Å². The van der Waals surface area contributed by atoms with Crippen LogP contribution in [-0.4, -0.2) is 11.7 Å². The number of oxime groups is 1. The summed E-state index contributed by atoms with van der Waals surface area (Å²) in [4.78, 5) is 15.3. The zero-order valence-electron chi connectivity index (χ0n) is 7.16. The Morgan fingerprint density at radius 2 is 2.29 bits per heavy atom. The summed E-state index contributed by atoms with van der Waals surface area (Å²) in [7, 11) is 0. The van der Waals surface area contributed by atoms with Crippen LogP contribution < -0.4 is 5.73 Å². The molecule has 1 aliphatic heterocycles. The third-order valence-corrected chi connectivity index (χ3v) is 2.13. The van der Waals surface area contributed by atoms with Crippen molar-refractivity contribution in [3.63, 3.8) is 0 Å². The number of nitrogens with zero attached hydrogens (tertiary/aromatic N) is 1. The van der Waals surface area contributed by atoms with Gasteiger partial charge in [-0.15, -0.1) is 0 Å². The van der Waals surface area contributed by atoms with Gasteiger partial charge in [0.25, 0.3) is 0 Å². The second-order valence-corrected chi connectivity index (χ2v) is 3.35. The van der Waals surface area contributed by atoms with Crippen LogP contribution in [0.3, 0.4) is 0 Å². The molecule has 72 valence electrons. The topological polar surface area (TPSA) is 64.7 Å². The Morgan fingerprint density at radius 3 is 2.86 bits per heavy atom. The van der Waals surface area contributed by atoms with Crippen LogP contribution in [0.5, 0.6) is 0 Å². The summed E-state index contributed by atoms with van der Waals surface area (Å²) in [5, 5.41) is 4.17. The van der Waals surface area contributed by atoms with Crippen LogP contribution in [0.15, 0.2) is 23.4 Å². The van der Waals surface area contributed by atoms with E-state index in [1.807, 2.05) is 0 Å². The normalized spacial score (nSPS) is 15.2. The molecule has 1 aromatic carbocycles. The maximum Gasteiger partial charge on any atom is 0.341 e. The van der Waals surface area contributed by atoms with E-state index in [1.165, 1.54) is 0 Å². The zero-order chi connectivity index (χ0) is 10.1. The lowest BCUT2D eigenvalue weighted by Gasteiger charge is -2.02. The molecule has 0 saturated carbocycles. The quantitative estimate of drug-likeness (QED) is 0.565. The van der Waals surface area contributed by atoms with E-state index in [4.69, 9.17) is 17.3 Å². The van der Waals surface area contributed by atoms with E-state index in [-0.39, 0.29) is 12.4 Å². The third-order valence-electron chi connectivity index (χ3n) is 1.89. The lowest BCUT2D eigenvalue weighted by Crippen LogP contribution is -2.04. The van der Waals surface area contributed by atoms with E-state index in [0.717, 1.165) is 0 Å². The first-order chi connectivity index (χ1) is 6.66. The number of nitrogens with two attached hydrogens (primary N) is 1. The maximum absolute atomic E-state index is 10.8. The van der Waals surface area contributed by atoms with Crippen LogP contribution in [0.2, 0.25) is 5.02 Å². The molecule has 4 nitrogen and oxygen atoms in total. The maximum atomic E-state index is 10.8. The molecular weight excluding hydrogens is 204 g/mol. The number of carbonyl (C=O) groups is 1. The number of carbonyl (C=O) groups excluding carboxylic acids is 1. The van der Waals surface area contributed by atoms with Crippen molar-refractivity contribution in [1.29, 1.82) is 0 Å². The van der Waals surface area contributed by atoms with Gasteiger partial charge in [0.15, 0.2) is 0 Å². The van der Waals surface area contributed by atoms with Crippen molar-refractivity contribution in [2.24, 2.45) is 5.16 Å². The van der Waals surface area contributed by atoms with E-state index < -0.39 is 0 Å². The SMILES string of the molecule is Nc1cc(Cl)ccc1C1=NOC(=O)C1. The first kappa shape index (κ1) is 9.02. The average molecular weight is 211 g/mol. The highest BCUT2D eigenvalue weighted by molar-refractivity contribution is 6.31. The van der Waals surface area contributed by atoms with Gasteiger partial charge in [-0.25, -0.2) is 4.79 Å². The number of hydrogen-bond acceptors (Lipinski definition) is 4. The fourth-order valence-corrected chi connectivity index (χ4v) is 1.43. The van der Waals surface area contributed by atoms with Crippen molar-refractivity contribution in [2.75, 3.05) is 5.73 Å². The third kappa shape index (κ3) is 1.56. The van der Waals surface area contributed by atoms with Crippen LogP contribution in [0.1, 0.15) is 12.0 Å². The molecule has 0 fully saturated rings. The fraction of sp³-hybridized carbons (Fsp3) is 0.111. The van der Waals surface area contributed by atoms with Gasteiger partial charge in [-0.2, -0.15) is 0 Å². The van der Waals surface area contributed by atoms with Crippen LogP contribution >= 0.6 is 11.6 Å². The molecule has 0 spiro atoms. The first-order valence-corrected chi connectivity index (χ1v) is 4.37. The predicted molar refractivity (Wildman–Crippen MR) is 53.1 cm³/mol. The minimum Gasteiger partial charge on any atom is -0.398 e. The summed E-state index contributed by atoms with van der Waals surface area (Å²) in [6, 6.07) is 5.03. The summed E-state index contributed by atoms with van der Waals surface area (Å²) in [5.41, 5.74) is 7.45. The molecule has 0 atom stereocenters. The number of nitrogen functional groups attached to an aromatic ring is 1. The Labute approximate surface area is 85.3 Å². The molecule has 0 unspecified atom stereocenters. The second kappa shape index (κ2) is 3.31. The van der Waals surface area contributed by atoms with Crippen LogP contribution in [0.4, 0.5) is 5.69 Å². The van der Waals surface area contributed by atoms with E-state index in [1.54, 1.807) is 18.2 Å². The summed E-state index contributed by atoms with van der Waals surface area (Å²) in [6.07, 6.45) is 0.159. The molecule has 5 heteroatoms. The van der Waals surface area contributed by atoms with E-state index in [0.29, 0.717) is 22.0 Å². The summed E-state index contributed by atoms with van der Waals surface area (Å²) in [5.74, 6) is -0.366. The first-order valence-electron chi connectivity index (χ1n) is 3.99. The van der Waals surface area contributed by atoms with Gasteiger partial charge in [-0.3, -0.25) is 0 Å². The Balaban J connectivity index is 2.38. The Bertz CT molecular complexity index is 429. The van der Waals surface area contributed by atoms with Gasteiger partial charge in [-0.05, 0) is 18.2 Å². The highest BCUT2D eigenvalue weighted by atomic mass is 35.5. The second-order valence-electron chi connectivity index (χ2n) is 2.91. The monoisotopic (exact) mass is 210 g/mol. The summed E-state index contributed by atoms with van der Waals surface area (Å²) < 4.78 is 0. The molecule has 0 aromatic heterocycles. The van der Waals surface area contributed by atoms with Crippen LogP contribution in [0, 0.1) is 0 Å². The van der Waals surface area contributed by atoms with E-state index in [9.17, 15) is 4.79 Å². The van der Waals surface area contributed by atoms with Crippen molar-refractivity contribution in [3.8, 4) is 0 Å². The molecular formula is C9H7ClN2O2. The Morgan fingerprint density at radius 1 is 1.50 bits per heavy atom. The molecule has 0 bridgehead atoms. The van der Waals surface area contributed by atoms with Crippen molar-refractivity contribution < 1.29 is 9.63 Å². The lowest BCUT2D eigenvalue weighted by atomic mass is 10.1. The molecule has 0 aliphatic carbocycles. The van der Waals surface area contributed by atoms with Crippen molar-refractivity contribution >= 4 is 29.0 Å². The number of anilines is 1. The standard InChI is InChI=1S/C9H7ClN2O2/c10-5-1-2-6(7(11)3-5)8-4-9(13)14-12-8/h1-3H,4,11H2. The minimum absolute atomic E-state index is 0.159.